The lowest BCUT2D eigenvalue weighted by molar-refractivity contribution is -0.133. The van der Waals surface area contributed by atoms with Crippen LogP contribution in [-0.2, 0) is 15.1 Å². The summed E-state index contributed by atoms with van der Waals surface area (Å²) in [5.41, 5.74) is -0.256. The first-order chi connectivity index (χ1) is 16.3. The molecule has 0 bridgehead atoms. The fourth-order valence-electron chi connectivity index (χ4n) is 4.21. The van der Waals surface area contributed by atoms with Crippen molar-refractivity contribution in [1.29, 1.82) is 0 Å². The maximum atomic E-state index is 13.3. The topological polar surface area (TPSA) is 114 Å². The summed E-state index contributed by atoms with van der Waals surface area (Å²) < 4.78 is 10.6. The number of Topliss-reactive ketones (excluding diaryl/α,β-unsaturated/α-hetero) is 1. The minimum atomic E-state index is -1.31. The molecule has 0 radical (unpaired) electrons. The minimum Gasteiger partial charge on any atom is -0.454 e. The number of ketones is 1. The van der Waals surface area contributed by atoms with Crippen LogP contribution in [0.3, 0.4) is 0 Å². The smallest absolute Gasteiger partial charge is 0.325 e. The average Bonchev–Trinajstić information content (AvgIpc) is 3.36. The fraction of sp³-hybridized carbons (Fsp3) is 0.200. The third-order valence-corrected chi connectivity index (χ3v) is 6.07. The number of benzene rings is 3. The molecule has 1 unspecified atom stereocenters. The van der Waals surface area contributed by atoms with Crippen LogP contribution in [0.1, 0.15) is 29.8 Å². The number of rotatable bonds is 5. The van der Waals surface area contributed by atoms with Crippen molar-refractivity contribution < 1.29 is 28.7 Å². The molecule has 2 heterocycles. The van der Waals surface area contributed by atoms with Gasteiger partial charge in [0.2, 0.25) is 12.7 Å². The van der Waals surface area contributed by atoms with Crippen LogP contribution in [-0.4, -0.2) is 41.9 Å². The number of urea groups is 1. The van der Waals surface area contributed by atoms with E-state index in [0.717, 1.165) is 15.7 Å². The van der Waals surface area contributed by atoms with Gasteiger partial charge in [0.05, 0.1) is 5.69 Å². The lowest BCUT2D eigenvalue weighted by atomic mass is 9.90. The Balaban J connectivity index is 1.37. The first kappa shape index (κ1) is 21.4. The van der Waals surface area contributed by atoms with E-state index in [4.69, 9.17) is 9.47 Å². The second-order valence-electron chi connectivity index (χ2n) is 8.36. The minimum absolute atomic E-state index is 0.0138. The zero-order valence-electron chi connectivity index (χ0n) is 18.5. The van der Waals surface area contributed by atoms with Crippen LogP contribution < -0.4 is 20.1 Å². The van der Waals surface area contributed by atoms with Crippen molar-refractivity contribution in [2.45, 2.75) is 19.4 Å². The highest BCUT2D eigenvalue weighted by Crippen LogP contribution is 2.37. The van der Waals surface area contributed by atoms with E-state index in [1.54, 1.807) is 13.0 Å². The van der Waals surface area contributed by atoms with E-state index >= 15 is 0 Å². The average molecular weight is 459 g/mol. The molecule has 5 rings (SSSR count). The van der Waals surface area contributed by atoms with Gasteiger partial charge in [0.25, 0.3) is 5.91 Å². The zero-order valence-corrected chi connectivity index (χ0v) is 18.5. The summed E-state index contributed by atoms with van der Waals surface area (Å²) in [7, 11) is 0. The quantitative estimate of drug-likeness (QED) is 0.448. The molecule has 172 valence electrons. The van der Waals surface area contributed by atoms with Gasteiger partial charge in [-0.05, 0) is 42.3 Å². The molecule has 34 heavy (non-hydrogen) atoms. The van der Waals surface area contributed by atoms with Gasteiger partial charge in [-0.3, -0.25) is 19.3 Å². The second-order valence-corrected chi connectivity index (χ2v) is 8.36. The lowest BCUT2D eigenvalue weighted by Gasteiger charge is -2.22. The van der Waals surface area contributed by atoms with Crippen molar-refractivity contribution in [3.8, 4) is 11.5 Å². The van der Waals surface area contributed by atoms with E-state index in [1.165, 1.54) is 19.1 Å². The highest BCUT2D eigenvalue weighted by molar-refractivity contribution is 6.11. The zero-order chi connectivity index (χ0) is 24.0. The Morgan fingerprint density at radius 2 is 1.74 bits per heavy atom. The highest BCUT2D eigenvalue weighted by Gasteiger charge is 2.49. The molecule has 2 N–H and O–H groups in total. The second kappa shape index (κ2) is 7.87. The van der Waals surface area contributed by atoms with Crippen molar-refractivity contribution in [3.63, 3.8) is 0 Å². The first-order valence-electron chi connectivity index (χ1n) is 10.6. The van der Waals surface area contributed by atoms with Crippen LogP contribution in [0.15, 0.2) is 54.6 Å². The number of amides is 4. The fourth-order valence-corrected chi connectivity index (χ4v) is 4.21. The summed E-state index contributed by atoms with van der Waals surface area (Å²) in [6.07, 6.45) is 0. The number of carbonyl (C=O) groups excluding carboxylic acids is 4. The molecule has 1 saturated heterocycles. The Bertz CT molecular complexity index is 1380. The summed E-state index contributed by atoms with van der Waals surface area (Å²) in [5, 5.41) is 7.26. The molecule has 0 aromatic heterocycles. The molecule has 3 aromatic rings. The molecule has 0 aliphatic carbocycles. The van der Waals surface area contributed by atoms with Gasteiger partial charge in [-0.1, -0.05) is 36.4 Å². The summed E-state index contributed by atoms with van der Waals surface area (Å²) in [5.74, 6) is -0.664. The van der Waals surface area contributed by atoms with Crippen LogP contribution >= 0.6 is 0 Å². The van der Waals surface area contributed by atoms with Crippen molar-refractivity contribution >= 4 is 40.1 Å². The van der Waals surface area contributed by atoms with Crippen molar-refractivity contribution in [3.05, 3.63) is 65.7 Å². The number of anilines is 1. The number of imide groups is 1. The number of nitrogens with zero attached hydrogens (tertiary/aromatic N) is 1. The number of nitrogens with one attached hydrogen (secondary N) is 2. The molecule has 1 atom stereocenters. The van der Waals surface area contributed by atoms with E-state index in [-0.39, 0.29) is 23.8 Å². The molecule has 2 aliphatic rings. The highest BCUT2D eigenvalue weighted by atomic mass is 16.7. The van der Waals surface area contributed by atoms with Crippen molar-refractivity contribution in [2.24, 2.45) is 0 Å². The van der Waals surface area contributed by atoms with Crippen molar-refractivity contribution in [1.82, 2.24) is 10.2 Å². The van der Waals surface area contributed by atoms with Crippen LogP contribution in [0.2, 0.25) is 0 Å². The van der Waals surface area contributed by atoms with Gasteiger partial charge in [-0.25, -0.2) is 4.79 Å². The maximum absolute atomic E-state index is 13.3. The number of hydrogen-bond acceptors (Lipinski definition) is 6. The monoisotopic (exact) mass is 459 g/mol. The van der Waals surface area contributed by atoms with Gasteiger partial charge in [0.1, 0.15) is 12.1 Å². The number of carbonyl (C=O) groups is 4. The summed E-state index contributed by atoms with van der Waals surface area (Å²) >= 11 is 0. The Labute approximate surface area is 194 Å². The number of ether oxygens (including phenoxy) is 2. The van der Waals surface area contributed by atoms with E-state index in [1.807, 2.05) is 36.4 Å². The molecule has 1 fully saturated rings. The Kier molecular flexibility index (Phi) is 4.97. The first-order valence-corrected chi connectivity index (χ1v) is 10.6. The summed E-state index contributed by atoms with van der Waals surface area (Å²) in [4.78, 5) is 51.6. The predicted octanol–water partition coefficient (Wildman–Crippen LogP) is 3.18. The van der Waals surface area contributed by atoms with Crippen LogP contribution in [0.4, 0.5) is 10.5 Å². The van der Waals surface area contributed by atoms with E-state index in [2.05, 4.69) is 10.6 Å². The molecule has 0 saturated carbocycles. The van der Waals surface area contributed by atoms with Gasteiger partial charge < -0.3 is 20.1 Å². The normalized spacial score (nSPS) is 18.8. The molecular formula is C25H21N3O6. The molecule has 0 spiro atoms. The van der Waals surface area contributed by atoms with E-state index in [0.29, 0.717) is 17.1 Å². The number of fused-ring (bicyclic) bond motifs is 2. The molecule has 4 amide bonds. The van der Waals surface area contributed by atoms with Crippen LogP contribution in [0, 0.1) is 0 Å². The van der Waals surface area contributed by atoms with Crippen LogP contribution in [0.25, 0.3) is 10.8 Å². The SMILES string of the molecule is CC(=O)c1cc2c(cc1NC(=O)CN1C(=O)NC(C)(c3ccc4ccccc4c3)C1=O)OCO2. The summed E-state index contributed by atoms with van der Waals surface area (Å²) in [6.45, 7) is 2.47. The van der Waals surface area contributed by atoms with Gasteiger partial charge >= 0.3 is 6.03 Å². The standard InChI is InChI=1S/C25H21N3O6/c1-14(29)18-10-20-21(34-13-33-20)11-19(18)26-22(30)12-28-23(31)25(2,27-24(28)32)17-8-7-15-5-3-4-6-16(15)9-17/h3-11H,12-13H2,1-2H3,(H,26,30)(H,27,32). The largest absolute Gasteiger partial charge is 0.454 e. The third-order valence-electron chi connectivity index (χ3n) is 6.07. The molecule has 9 nitrogen and oxygen atoms in total. The van der Waals surface area contributed by atoms with Crippen LogP contribution in [0.5, 0.6) is 11.5 Å². The van der Waals surface area contributed by atoms with Gasteiger partial charge in [-0.15, -0.1) is 0 Å². The van der Waals surface area contributed by atoms with E-state index < -0.39 is 29.9 Å². The lowest BCUT2D eigenvalue weighted by Crippen LogP contribution is -2.42. The Morgan fingerprint density at radius 3 is 2.47 bits per heavy atom. The van der Waals surface area contributed by atoms with E-state index in [9.17, 15) is 19.2 Å². The van der Waals surface area contributed by atoms with Gasteiger partial charge in [0.15, 0.2) is 17.3 Å². The molecule has 9 heteroatoms. The van der Waals surface area contributed by atoms with Crippen molar-refractivity contribution in [2.75, 3.05) is 18.7 Å². The summed E-state index contributed by atoms with van der Waals surface area (Å²) in [6, 6.07) is 15.5. The molecular weight excluding hydrogens is 438 g/mol. The third kappa shape index (κ3) is 3.51. The molecule has 2 aliphatic heterocycles. The maximum Gasteiger partial charge on any atom is 0.325 e. The van der Waals surface area contributed by atoms with Gasteiger partial charge in [-0.2, -0.15) is 0 Å². The molecule has 3 aromatic carbocycles. The Hall–Kier alpha value is -4.40. The Morgan fingerprint density at radius 1 is 1.03 bits per heavy atom. The number of hydrogen-bond donors (Lipinski definition) is 2. The predicted molar refractivity (Wildman–Crippen MR) is 123 cm³/mol. The van der Waals surface area contributed by atoms with Gasteiger partial charge in [0, 0.05) is 11.6 Å².